The Hall–Kier alpha value is -1.59. The second-order valence-corrected chi connectivity index (χ2v) is 7.67. The SMILES string of the molecule is COc1cc(C2(C(=O)NCCCN3CCNCC3)CCCC2)ccc1C. The van der Waals surface area contributed by atoms with E-state index in [-0.39, 0.29) is 11.3 Å². The lowest BCUT2D eigenvalue weighted by atomic mass is 9.77. The molecule has 2 N–H and O–H groups in total. The number of amides is 1. The Bertz CT molecular complexity index is 605. The molecule has 5 nitrogen and oxygen atoms in total. The standard InChI is InChI=1S/C21H33N3O2/c1-17-6-7-18(16-19(17)26-2)21(8-3-4-9-21)20(25)23-10-5-13-24-14-11-22-12-15-24/h6-7,16,22H,3-5,8-15H2,1-2H3,(H,23,25). The summed E-state index contributed by atoms with van der Waals surface area (Å²) >= 11 is 0. The van der Waals surface area contributed by atoms with Gasteiger partial charge in [-0.3, -0.25) is 4.79 Å². The summed E-state index contributed by atoms with van der Waals surface area (Å²) in [5, 5.41) is 6.61. The van der Waals surface area contributed by atoms with Crippen molar-refractivity contribution in [3.8, 4) is 5.75 Å². The van der Waals surface area contributed by atoms with Gasteiger partial charge in [0.1, 0.15) is 5.75 Å². The minimum atomic E-state index is -0.379. The highest BCUT2D eigenvalue weighted by molar-refractivity contribution is 5.88. The third-order valence-electron chi connectivity index (χ3n) is 6.00. The van der Waals surface area contributed by atoms with E-state index in [4.69, 9.17) is 4.74 Å². The molecule has 26 heavy (non-hydrogen) atoms. The Kier molecular flexibility index (Phi) is 6.54. The lowest BCUT2D eigenvalue weighted by Gasteiger charge is -2.30. The molecule has 1 aromatic carbocycles. The van der Waals surface area contributed by atoms with Gasteiger partial charge in [-0.2, -0.15) is 0 Å². The van der Waals surface area contributed by atoms with Gasteiger partial charge in [0.15, 0.2) is 0 Å². The summed E-state index contributed by atoms with van der Waals surface area (Å²) in [6, 6.07) is 6.26. The molecule has 1 saturated heterocycles. The molecule has 0 radical (unpaired) electrons. The second-order valence-electron chi connectivity index (χ2n) is 7.67. The minimum Gasteiger partial charge on any atom is -0.496 e. The van der Waals surface area contributed by atoms with E-state index in [0.29, 0.717) is 0 Å². The number of hydrogen-bond acceptors (Lipinski definition) is 4. The van der Waals surface area contributed by atoms with Crippen LogP contribution in [0.15, 0.2) is 18.2 Å². The number of nitrogens with zero attached hydrogens (tertiary/aromatic N) is 1. The van der Waals surface area contributed by atoms with Gasteiger partial charge in [-0.15, -0.1) is 0 Å². The zero-order valence-corrected chi connectivity index (χ0v) is 16.3. The van der Waals surface area contributed by atoms with Gasteiger partial charge >= 0.3 is 0 Å². The maximum absolute atomic E-state index is 13.1. The molecule has 1 aliphatic carbocycles. The normalized spacial score (nSPS) is 20.1. The average Bonchev–Trinajstić information content (AvgIpc) is 3.17. The minimum absolute atomic E-state index is 0.196. The molecule has 1 aliphatic heterocycles. The molecule has 0 unspecified atom stereocenters. The molecular weight excluding hydrogens is 326 g/mol. The Morgan fingerprint density at radius 2 is 2.00 bits per heavy atom. The molecule has 1 aromatic rings. The molecule has 2 aliphatic rings. The van der Waals surface area contributed by atoms with E-state index in [1.807, 2.05) is 6.92 Å². The van der Waals surface area contributed by atoms with Crippen LogP contribution in [0, 0.1) is 6.92 Å². The molecule has 1 amide bonds. The number of aryl methyl sites for hydroxylation is 1. The molecule has 0 spiro atoms. The highest BCUT2D eigenvalue weighted by atomic mass is 16.5. The molecule has 0 aromatic heterocycles. The largest absolute Gasteiger partial charge is 0.496 e. The first-order valence-electron chi connectivity index (χ1n) is 10.0. The van der Waals surface area contributed by atoms with Crippen molar-refractivity contribution in [3.05, 3.63) is 29.3 Å². The summed E-state index contributed by atoms with van der Waals surface area (Å²) in [4.78, 5) is 15.6. The zero-order valence-electron chi connectivity index (χ0n) is 16.3. The molecule has 0 atom stereocenters. The molecule has 1 saturated carbocycles. The predicted molar refractivity (Wildman–Crippen MR) is 105 cm³/mol. The van der Waals surface area contributed by atoms with E-state index in [1.54, 1.807) is 7.11 Å². The molecule has 2 fully saturated rings. The van der Waals surface area contributed by atoms with E-state index >= 15 is 0 Å². The topological polar surface area (TPSA) is 53.6 Å². The molecule has 3 rings (SSSR count). The van der Waals surface area contributed by atoms with Crippen molar-refractivity contribution < 1.29 is 9.53 Å². The number of methoxy groups -OCH3 is 1. The fourth-order valence-corrected chi connectivity index (χ4v) is 4.35. The first-order chi connectivity index (χ1) is 12.7. The maximum Gasteiger partial charge on any atom is 0.230 e. The van der Waals surface area contributed by atoms with Crippen molar-refractivity contribution in [1.82, 2.24) is 15.5 Å². The van der Waals surface area contributed by atoms with Crippen LogP contribution in [0.2, 0.25) is 0 Å². The van der Waals surface area contributed by atoms with E-state index in [1.165, 1.54) is 0 Å². The summed E-state index contributed by atoms with van der Waals surface area (Å²) in [6.07, 6.45) is 5.11. The smallest absolute Gasteiger partial charge is 0.230 e. The number of hydrogen-bond donors (Lipinski definition) is 2. The molecule has 1 heterocycles. The van der Waals surface area contributed by atoms with Gasteiger partial charge in [-0.1, -0.05) is 25.0 Å². The lowest BCUT2D eigenvalue weighted by molar-refractivity contribution is -0.126. The Labute approximate surface area is 157 Å². The van der Waals surface area contributed by atoms with Crippen LogP contribution in [0.3, 0.4) is 0 Å². The molecule has 144 valence electrons. The summed E-state index contributed by atoms with van der Waals surface area (Å²) < 4.78 is 5.49. The zero-order chi connectivity index (χ0) is 18.4. The van der Waals surface area contributed by atoms with Gasteiger partial charge in [-0.05, 0) is 49.9 Å². The predicted octanol–water partition coefficient (Wildman–Crippen LogP) is 2.23. The number of piperazine rings is 1. The van der Waals surface area contributed by atoms with E-state index in [0.717, 1.165) is 88.2 Å². The summed E-state index contributed by atoms with van der Waals surface area (Å²) in [6.45, 7) is 8.23. The third kappa shape index (κ3) is 4.21. The van der Waals surface area contributed by atoms with Gasteiger partial charge < -0.3 is 20.3 Å². The number of carbonyl (C=O) groups is 1. The third-order valence-corrected chi connectivity index (χ3v) is 6.00. The first-order valence-corrected chi connectivity index (χ1v) is 10.0. The Morgan fingerprint density at radius 1 is 1.27 bits per heavy atom. The van der Waals surface area contributed by atoms with Gasteiger partial charge in [-0.25, -0.2) is 0 Å². The van der Waals surface area contributed by atoms with Gasteiger partial charge in [0, 0.05) is 32.7 Å². The number of rotatable bonds is 7. The van der Waals surface area contributed by atoms with Crippen molar-refractivity contribution in [1.29, 1.82) is 0 Å². The summed E-state index contributed by atoms with van der Waals surface area (Å²) in [5.41, 5.74) is 1.84. The summed E-state index contributed by atoms with van der Waals surface area (Å²) in [5.74, 6) is 1.07. The number of benzene rings is 1. The van der Waals surface area contributed by atoms with Crippen LogP contribution in [-0.4, -0.2) is 57.2 Å². The highest BCUT2D eigenvalue weighted by Gasteiger charge is 2.42. The van der Waals surface area contributed by atoms with Crippen LogP contribution in [0.1, 0.15) is 43.2 Å². The highest BCUT2D eigenvalue weighted by Crippen LogP contribution is 2.42. The number of nitrogens with one attached hydrogen (secondary N) is 2. The number of carbonyl (C=O) groups excluding carboxylic acids is 1. The van der Waals surface area contributed by atoms with Crippen LogP contribution >= 0.6 is 0 Å². The van der Waals surface area contributed by atoms with Crippen LogP contribution in [0.5, 0.6) is 5.75 Å². The first kappa shape index (κ1) is 19.2. The quantitative estimate of drug-likeness (QED) is 0.733. The van der Waals surface area contributed by atoms with Crippen LogP contribution in [0.4, 0.5) is 0 Å². The monoisotopic (exact) mass is 359 g/mol. The maximum atomic E-state index is 13.1. The van der Waals surface area contributed by atoms with E-state index < -0.39 is 0 Å². The van der Waals surface area contributed by atoms with Crippen LogP contribution in [-0.2, 0) is 10.2 Å². The molecule has 5 heteroatoms. The van der Waals surface area contributed by atoms with Gasteiger partial charge in [0.05, 0.1) is 12.5 Å². The molecular formula is C21H33N3O2. The fourth-order valence-electron chi connectivity index (χ4n) is 4.35. The van der Waals surface area contributed by atoms with Crippen LogP contribution < -0.4 is 15.4 Å². The van der Waals surface area contributed by atoms with E-state index in [9.17, 15) is 4.79 Å². The lowest BCUT2D eigenvalue weighted by Crippen LogP contribution is -2.45. The Morgan fingerprint density at radius 3 is 2.69 bits per heavy atom. The van der Waals surface area contributed by atoms with Gasteiger partial charge in [0.2, 0.25) is 5.91 Å². The van der Waals surface area contributed by atoms with E-state index in [2.05, 4.69) is 33.7 Å². The van der Waals surface area contributed by atoms with Crippen molar-refractivity contribution in [3.63, 3.8) is 0 Å². The average molecular weight is 360 g/mol. The molecule has 0 bridgehead atoms. The van der Waals surface area contributed by atoms with Crippen molar-refractivity contribution in [2.24, 2.45) is 0 Å². The second kappa shape index (κ2) is 8.87. The van der Waals surface area contributed by atoms with Crippen molar-refractivity contribution in [2.75, 3.05) is 46.4 Å². The summed E-state index contributed by atoms with van der Waals surface area (Å²) in [7, 11) is 1.70. The Balaban J connectivity index is 1.60. The number of ether oxygens (including phenoxy) is 1. The van der Waals surface area contributed by atoms with Crippen molar-refractivity contribution in [2.45, 2.75) is 44.4 Å². The van der Waals surface area contributed by atoms with Gasteiger partial charge in [0.25, 0.3) is 0 Å². The fraction of sp³-hybridized carbons (Fsp3) is 0.667. The van der Waals surface area contributed by atoms with Crippen molar-refractivity contribution >= 4 is 5.91 Å². The van der Waals surface area contributed by atoms with Crippen LogP contribution in [0.25, 0.3) is 0 Å².